The van der Waals surface area contributed by atoms with Gasteiger partial charge in [-0.05, 0) is 17.7 Å². The first-order chi connectivity index (χ1) is 14.2. The van der Waals surface area contributed by atoms with E-state index in [2.05, 4.69) is 9.97 Å². The van der Waals surface area contributed by atoms with Crippen molar-refractivity contribution < 1.29 is 4.42 Å². The SMILES string of the molecule is Nc1ncnc2c1ccn2CCc1oc(=O)c2ccccc2c1-c1ccccc1. The third-order valence-corrected chi connectivity index (χ3v) is 5.14. The molecule has 0 atom stereocenters. The van der Waals surface area contributed by atoms with Crippen LogP contribution in [0.1, 0.15) is 5.76 Å². The second kappa shape index (κ2) is 6.91. The van der Waals surface area contributed by atoms with Gasteiger partial charge < -0.3 is 14.7 Å². The number of anilines is 1. The van der Waals surface area contributed by atoms with E-state index in [1.54, 1.807) is 6.07 Å². The van der Waals surface area contributed by atoms with Gasteiger partial charge in [0.15, 0.2) is 0 Å². The number of nitrogen functional groups attached to an aromatic ring is 1. The zero-order valence-corrected chi connectivity index (χ0v) is 15.6. The summed E-state index contributed by atoms with van der Waals surface area (Å²) in [6, 6.07) is 19.5. The molecule has 3 aromatic heterocycles. The van der Waals surface area contributed by atoms with Crippen LogP contribution in [0.2, 0.25) is 0 Å². The van der Waals surface area contributed by atoms with Crippen LogP contribution in [0, 0.1) is 0 Å². The van der Waals surface area contributed by atoms with E-state index in [0.29, 0.717) is 29.9 Å². The van der Waals surface area contributed by atoms with Gasteiger partial charge in [0.05, 0.1) is 10.8 Å². The zero-order chi connectivity index (χ0) is 19.8. The first-order valence-corrected chi connectivity index (χ1v) is 9.38. The Morgan fingerprint density at radius 1 is 0.897 bits per heavy atom. The molecule has 6 heteroatoms. The van der Waals surface area contributed by atoms with Crippen LogP contribution in [0.4, 0.5) is 5.82 Å². The van der Waals surface area contributed by atoms with Gasteiger partial charge >= 0.3 is 5.63 Å². The average Bonchev–Trinajstić information content (AvgIpc) is 3.17. The molecule has 5 aromatic rings. The summed E-state index contributed by atoms with van der Waals surface area (Å²) in [5.41, 5.74) is 8.35. The minimum atomic E-state index is -0.320. The number of fused-ring (bicyclic) bond motifs is 2. The lowest BCUT2D eigenvalue weighted by Crippen LogP contribution is -2.08. The highest BCUT2D eigenvalue weighted by molar-refractivity contribution is 5.96. The fraction of sp³-hybridized carbons (Fsp3) is 0.0870. The van der Waals surface area contributed by atoms with E-state index >= 15 is 0 Å². The van der Waals surface area contributed by atoms with Crippen molar-refractivity contribution >= 4 is 27.6 Å². The maximum atomic E-state index is 12.6. The monoisotopic (exact) mass is 382 g/mol. The Labute approximate surface area is 166 Å². The van der Waals surface area contributed by atoms with Gasteiger partial charge in [0.2, 0.25) is 0 Å². The highest BCUT2D eigenvalue weighted by atomic mass is 16.4. The number of nitrogens with zero attached hydrogens (tertiary/aromatic N) is 3. The Kier molecular flexibility index (Phi) is 4.09. The lowest BCUT2D eigenvalue weighted by molar-refractivity contribution is 0.457. The molecule has 0 fully saturated rings. The summed E-state index contributed by atoms with van der Waals surface area (Å²) in [5, 5.41) is 2.30. The predicted octanol–water partition coefficient (Wildman–Crippen LogP) is 4.03. The van der Waals surface area contributed by atoms with Crippen molar-refractivity contribution in [1.82, 2.24) is 14.5 Å². The van der Waals surface area contributed by atoms with E-state index in [1.807, 2.05) is 65.4 Å². The van der Waals surface area contributed by atoms with Crippen molar-refractivity contribution in [3.05, 3.63) is 89.4 Å². The van der Waals surface area contributed by atoms with Gasteiger partial charge in [-0.25, -0.2) is 14.8 Å². The van der Waals surface area contributed by atoms with E-state index in [4.69, 9.17) is 10.2 Å². The van der Waals surface area contributed by atoms with Crippen molar-refractivity contribution in [2.45, 2.75) is 13.0 Å². The van der Waals surface area contributed by atoms with Crippen LogP contribution in [0.3, 0.4) is 0 Å². The molecule has 2 aromatic carbocycles. The highest BCUT2D eigenvalue weighted by Gasteiger charge is 2.16. The quantitative estimate of drug-likeness (QED) is 0.507. The maximum Gasteiger partial charge on any atom is 0.343 e. The van der Waals surface area contributed by atoms with Gasteiger partial charge in [-0.1, -0.05) is 48.5 Å². The number of nitrogens with two attached hydrogens (primary N) is 1. The summed E-state index contributed by atoms with van der Waals surface area (Å²) in [4.78, 5) is 21.0. The summed E-state index contributed by atoms with van der Waals surface area (Å²) >= 11 is 0. The molecular formula is C23H18N4O2. The zero-order valence-electron chi connectivity index (χ0n) is 15.6. The van der Waals surface area contributed by atoms with E-state index in [0.717, 1.165) is 27.5 Å². The molecular weight excluding hydrogens is 364 g/mol. The molecule has 0 unspecified atom stereocenters. The first-order valence-electron chi connectivity index (χ1n) is 9.38. The van der Waals surface area contributed by atoms with E-state index < -0.39 is 0 Å². The summed E-state index contributed by atoms with van der Waals surface area (Å²) in [6.45, 7) is 0.598. The van der Waals surface area contributed by atoms with Crippen LogP contribution >= 0.6 is 0 Å². The molecule has 0 aliphatic carbocycles. The topological polar surface area (TPSA) is 86.9 Å². The third-order valence-electron chi connectivity index (χ3n) is 5.14. The Morgan fingerprint density at radius 3 is 2.48 bits per heavy atom. The highest BCUT2D eigenvalue weighted by Crippen LogP contribution is 2.31. The van der Waals surface area contributed by atoms with Crippen molar-refractivity contribution in [2.24, 2.45) is 0 Å². The van der Waals surface area contributed by atoms with Crippen LogP contribution in [0.15, 0.2) is 82.4 Å². The Balaban J connectivity index is 1.63. The van der Waals surface area contributed by atoms with Crippen molar-refractivity contribution in [2.75, 3.05) is 5.73 Å². The van der Waals surface area contributed by atoms with Gasteiger partial charge in [0, 0.05) is 30.1 Å². The van der Waals surface area contributed by atoms with Gasteiger partial charge in [-0.3, -0.25) is 0 Å². The smallest absolute Gasteiger partial charge is 0.343 e. The van der Waals surface area contributed by atoms with Gasteiger partial charge in [0.1, 0.15) is 23.6 Å². The van der Waals surface area contributed by atoms with E-state index in [-0.39, 0.29) is 5.63 Å². The minimum absolute atomic E-state index is 0.320. The molecule has 0 bridgehead atoms. The third kappa shape index (κ3) is 2.95. The fourth-order valence-electron chi connectivity index (χ4n) is 3.77. The van der Waals surface area contributed by atoms with Crippen molar-refractivity contribution in [3.8, 4) is 11.1 Å². The van der Waals surface area contributed by atoms with Crippen molar-refractivity contribution in [1.29, 1.82) is 0 Å². The fourth-order valence-corrected chi connectivity index (χ4v) is 3.77. The Hall–Kier alpha value is -3.93. The normalized spacial score (nSPS) is 11.3. The lowest BCUT2D eigenvalue weighted by Gasteiger charge is -2.12. The number of aromatic nitrogens is 3. The molecule has 0 saturated heterocycles. The summed E-state index contributed by atoms with van der Waals surface area (Å²) in [6.07, 6.45) is 3.93. The van der Waals surface area contributed by atoms with Crippen LogP contribution in [-0.2, 0) is 13.0 Å². The molecule has 0 radical (unpaired) electrons. The van der Waals surface area contributed by atoms with Crippen LogP contribution < -0.4 is 11.4 Å². The molecule has 0 saturated carbocycles. The number of aryl methyl sites for hydroxylation is 2. The molecule has 29 heavy (non-hydrogen) atoms. The summed E-state index contributed by atoms with van der Waals surface area (Å²) < 4.78 is 7.78. The summed E-state index contributed by atoms with van der Waals surface area (Å²) in [5.74, 6) is 1.11. The summed E-state index contributed by atoms with van der Waals surface area (Å²) in [7, 11) is 0. The number of hydrogen-bond acceptors (Lipinski definition) is 5. The molecule has 5 rings (SSSR count). The molecule has 0 aliphatic heterocycles. The van der Waals surface area contributed by atoms with E-state index in [9.17, 15) is 4.79 Å². The van der Waals surface area contributed by atoms with Gasteiger partial charge in [0.25, 0.3) is 0 Å². The lowest BCUT2D eigenvalue weighted by atomic mass is 9.97. The first kappa shape index (κ1) is 17.2. The molecule has 3 heterocycles. The van der Waals surface area contributed by atoms with Crippen LogP contribution in [-0.4, -0.2) is 14.5 Å². The van der Waals surface area contributed by atoms with Crippen LogP contribution in [0.5, 0.6) is 0 Å². The average molecular weight is 382 g/mol. The standard InChI is InChI=1S/C23H18N4O2/c24-21-18-10-12-27(22(18)26-14-25-21)13-11-19-20(15-6-2-1-3-7-15)16-8-4-5-9-17(16)23(28)29-19/h1-10,12,14H,11,13H2,(H2,24,25,26). The molecule has 2 N–H and O–H groups in total. The molecule has 6 nitrogen and oxygen atoms in total. The second-order valence-corrected chi connectivity index (χ2v) is 6.85. The number of rotatable bonds is 4. The molecule has 0 aliphatic rings. The molecule has 0 amide bonds. The van der Waals surface area contributed by atoms with Crippen molar-refractivity contribution in [3.63, 3.8) is 0 Å². The molecule has 142 valence electrons. The number of hydrogen-bond donors (Lipinski definition) is 1. The molecule has 0 spiro atoms. The number of benzene rings is 2. The maximum absolute atomic E-state index is 12.6. The predicted molar refractivity (Wildman–Crippen MR) is 114 cm³/mol. The Bertz CT molecular complexity index is 1390. The van der Waals surface area contributed by atoms with Crippen LogP contribution in [0.25, 0.3) is 32.9 Å². The minimum Gasteiger partial charge on any atom is -0.427 e. The largest absolute Gasteiger partial charge is 0.427 e. The van der Waals surface area contributed by atoms with Gasteiger partial charge in [-0.15, -0.1) is 0 Å². The van der Waals surface area contributed by atoms with Gasteiger partial charge in [-0.2, -0.15) is 0 Å². The second-order valence-electron chi connectivity index (χ2n) is 6.85. The Morgan fingerprint density at radius 2 is 1.66 bits per heavy atom. The van der Waals surface area contributed by atoms with E-state index in [1.165, 1.54) is 6.33 Å².